The van der Waals surface area contributed by atoms with E-state index in [9.17, 15) is 15.0 Å². The van der Waals surface area contributed by atoms with Crippen LogP contribution in [-0.2, 0) is 0 Å². The van der Waals surface area contributed by atoms with Crippen molar-refractivity contribution in [3.8, 4) is 17.2 Å². The van der Waals surface area contributed by atoms with Gasteiger partial charge in [-0.2, -0.15) is 0 Å². The Hall–Kier alpha value is -2.53. The fraction of sp³-hybridized carbons (Fsp3) is 0.188. The number of hydrogen-bond acceptors (Lipinski definition) is 5. The molecule has 0 amide bonds. The van der Waals surface area contributed by atoms with E-state index in [0.717, 1.165) is 0 Å². The molecule has 21 heavy (non-hydrogen) atoms. The molecular weight excluding hydrogens is 272 g/mol. The number of aliphatic hydroxyl groups is 1. The zero-order valence-electron chi connectivity index (χ0n) is 11.3. The lowest BCUT2D eigenvalue weighted by molar-refractivity contribution is 0.0210. The molecule has 1 aliphatic heterocycles. The highest BCUT2D eigenvalue weighted by atomic mass is 16.5. The summed E-state index contributed by atoms with van der Waals surface area (Å²) in [6, 6.07) is 11.6. The van der Waals surface area contributed by atoms with Crippen LogP contribution in [0.15, 0.2) is 42.5 Å². The van der Waals surface area contributed by atoms with Gasteiger partial charge in [0.2, 0.25) is 5.78 Å². The SMILES string of the molecule is COc1cc(O)cc2c1C(=O)[C@H](O)[C@H](c1ccccc1)O2. The molecule has 5 heteroatoms. The average molecular weight is 286 g/mol. The number of ketones is 1. The summed E-state index contributed by atoms with van der Waals surface area (Å²) in [6.07, 6.45) is -2.13. The topological polar surface area (TPSA) is 76.0 Å². The number of carbonyl (C=O) groups is 1. The molecule has 0 saturated heterocycles. The summed E-state index contributed by atoms with van der Waals surface area (Å²) in [5, 5.41) is 19.9. The van der Waals surface area contributed by atoms with E-state index >= 15 is 0 Å². The lowest BCUT2D eigenvalue weighted by atomic mass is 9.93. The summed E-state index contributed by atoms with van der Waals surface area (Å²) >= 11 is 0. The molecular formula is C16H14O5. The molecule has 1 heterocycles. The third-order valence-corrected chi connectivity index (χ3v) is 3.45. The number of aromatic hydroxyl groups is 1. The highest BCUT2D eigenvalue weighted by Gasteiger charge is 2.39. The number of aliphatic hydroxyl groups excluding tert-OH is 1. The predicted octanol–water partition coefficient (Wildman–Crippen LogP) is 2.08. The van der Waals surface area contributed by atoms with Crippen molar-refractivity contribution in [1.82, 2.24) is 0 Å². The van der Waals surface area contributed by atoms with E-state index in [0.29, 0.717) is 5.56 Å². The Labute approximate surface area is 121 Å². The van der Waals surface area contributed by atoms with Crippen LogP contribution >= 0.6 is 0 Å². The van der Waals surface area contributed by atoms with Crippen molar-refractivity contribution in [3.05, 3.63) is 53.6 Å². The van der Waals surface area contributed by atoms with E-state index in [2.05, 4.69) is 0 Å². The number of rotatable bonds is 2. The molecule has 0 saturated carbocycles. The molecule has 1 aliphatic rings. The number of Topliss-reactive ketones (excluding diaryl/α,β-unsaturated/α-hetero) is 1. The zero-order chi connectivity index (χ0) is 15.0. The van der Waals surface area contributed by atoms with Crippen LogP contribution in [0.2, 0.25) is 0 Å². The molecule has 2 atom stereocenters. The van der Waals surface area contributed by atoms with E-state index in [4.69, 9.17) is 9.47 Å². The molecule has 108 valence electrons. The molecule has 0 aromatic heterocycles. The van der Waals surface area contributed by atoms with Gasteiger partial charge in [0, 0.05) is 12.1 Å². The summed E-state index contributed by atoms with van der Waals surface area (Å²) < 4.78 is 10.8. The second-order valence-corrected chi connectivity index (χ2v) is 4.78. The summed E-state index contributed by atoms with van der Waals surface area (Å²) in [4.78, 5) is 12.4. The van der Waals surface area contributed by atoms with Crippen molar-refractivity contribution >= 4 is 5.78 Å². The van der Waals surface area contributed by atoms with Gasteiger partial charge in [0.1, 0.15) is 22.8 Å². The maximum absolute atomic E-state index is 12.4. The van der Waals surface area contributed by atoms with Gasteiger partial charge in [-0.05, 0) is 5.56 Å². The average Bonchev–Trinajstić information content (AvgIpc) is 2.50. The van der Waals surface area contributed by atoms with Crippen LogP contribution in [0.25, 0.3) is 0 Å². The number of fused-ring (bicyclic) bond motifs is 1. The first-order chi connectivity index (χ1) is 10.1. The van der Waals surface area contributed by atoms with Gasteiger partial charge in [-0.1, -0.05) is 30.3 Å². The molecule has 0 fully saturated rings. The molecule has 5 nitrogen and oxygen atoms in total. The first-order valence-corrected chi connectivity index (χ1v) is 6.46. The van der Waals surface area contributed by atoms with Crippen LogP contribution in [0, 0.1) is 0 Å². The molecule has 0 spiro atoms. The largest absolute Gasteiger partial charge is 0.508 e. The minimum atomic E-state index is -1.32. The molecule has 0 radical (unpaired) electrons. The van der Waals surface area contributed by atoms with Crippen molar-refractivity contribution in [2.24, 2.45) is 0 Å². The van der Waals surface area contributed by atoms with Crippen molar-refractivity contribution in [3.63, 3.8) is 0 Å². The van der Waals surface area contributed by atoms with Crippen molar-refractivity contribution in [1.29, 1.82) is 0 Å². The molecule has 0 unspecified atom stereocenters. The van der Waals surface area contributed by atoms with Crippen LogP contribution in [-0.4, -0.2) is 29.2 Å². The second kappa shape index (κ2) is 5.10. The molecule has 0 aliphatic carbocycles. The molecule has 2 N–H and O–H groups in total. The third kappa shape index (κ3) is 2.21. The van der Waals surface area contributed by atoms with Crippen LogP contribution < -0.4 is 9.47 Å². The number of methoxy groups -OCH3 is 1. The van der Waals surface area contributed by atoms with E-state index < -0.39 is 18.0 Å². The molecule has 2 aromatic carbocycles. The Morgan fingerprint density at radius 2 is 1.90 bits per heavy atom. The maximum Gasteiger partial charge on any atom is 0.202 e. The highest BCUT2D eigenvalue weighted by Crippen LogP contribution is 2.42. The van der Waals surface area contributed by atoms with E-state index in [-0.39, 0.29) is 22.8 Å². The Morgan fingerprint density at radius 3 is 2.57 bits per heavy atom. The second-order valence-electron chi connectivity index (χ2n) is 4.78. The molecule has 3 rings (SSSR count). The van der Waals surface area contributed by atoms with Gasteiger partial charge in [0.25, 0.3) is 0 Å². The lowest BCUT2D eigenvalue weighted by Crippen LogP contribution is -2.36. The third-order valence-electron chi connectivity index (χ3n) is 3.45. The number of hydrogen-bond donors (Lipinski definition) is 2. The Morgan fingerprint density at radius 1 is 1.19 bits per heavy atom. The first kappa shape index (κ1) is 13.5. The Bertz CT molecular complexity index is 681. The molecule has 0 bridgehead atoms. The summed E-state index contributed by atoms with van der Waals surface area (Å²) in [5.41, 5.74) is 0.835. The first-order valence-electron chi connectivity index (χ1n) is 6.46. The van der Waals surface area contributed by atoms with Crippen LogP contribution in [0.4, 0.5) is 0 Å². The van der Waals surface area contributed by atoms with E-state index in [1.807, 2.05) is 6.07 Å². The van der Waals surface area contributed by atoms with E-state index in [1.54, 1.807) is 24.3 Å². The summed E-state index contributed by atoms with van der Waals surface area (Å²) in [5.74, 6) is -0.167. The van der Waals surface area contributed by atoms with Gasteiger partial charge in [-0.15, -0.1) is 0 Å². The predicted molar refractivity (Wildman–Crippen MR) is 74.8 cm³/mol. The Balaban J connectivity index is 2.10. The van der Waals surface area contributed by atoms with Gasteiger partial charge in [0.15, 0.2) is 12.2 Å². The fourth-order valence-corrected chi connectivity index (χ4v) is 2.45. The highest BCUT2D eigenvalue weighted by molar-refractivity contribution is 6.05. The number of carbonyl (C=O) groups excluding carboxylic acids is 1. The van der Waals surface area contributed by atoms with Crippen LogP contribution in [0.3, 0.4) is 0 Å². The standard InChI is InChI=1S/C16H14O5/c1-20-11-7-10(17)8-12-13(11)14(18)15(19)16(21-12)9-5-3-2-4-6-9/h2-8,15-17,19H,1H3/t15-,16-/m0/s1. The summed E-state index contributed by atoms with van der Waals surface area (Å²) in [7, 11) is 1.39. The number of ether oxygens (including phenoxy) is 2. The maximum atomic E-state index is 12.4. The van der Waals surface area contributed by atoms with Gasteiger partial charge < -0.3 is 19.7 Å². The van der Waals surface area contributed by atoms with Crippen molar-refractivity contribution in [2.45, 2.75) is 12.2 Å². The van der Waals surface area contributed by atoms with Crippen molar-refractivity contribution < 1.29 is 24.5 Å². The number of phenolic OH excluding ortho intramolecular Hbond substituents is 1. The monoisotopic (exact) mass is 286 g/mol. The normalized spacial score (nSPS) is 20.6. The van der Waals surface area contributed by atoms with Gasteiger partial charge in [0.05, 0.1) is 7.11 Å². The summed E-state index contributed by atoms with van der Waals surface area (Å²) in [6.45, 7) is 0. The molecule has 2 aromatic rings. The minimum absolute atomic E-state index is 0.0680. The smallest absolute Gasteiger partial charge is 0.202 e. The van der Waals surface area contributed by atoms with Crippen LogP contribution in [0.5, 0.6) is 17.2 Å². The van der Waals surface area contributed by atoms with Crippen molar-refractivity contribution in [2.75, 3.05) is 7.11 Å². The number of phenols is 1. The van der Waals surface area contributed by atoms with E-state index in [1.165, 1.54) is 19.2 Å². The van der Waals surface area contributed by atoms with Gasteiger partial charge in [-0.25, -0.2) is 0 Å². The van der Waals surface area contributed by atoms with Gasteiger partial charge in [-0.3, -0.25) is 4.79 Å². The zero-order valence-corrected chi connectivity index (χ0v) is 11.3. The number of benzene rings is 2. The minimum Gasteiger partial charge on any atom is -0.508 e. The quantitative estimate of drug-likeness (QED) is 0.884. The van der Waals surface area contributed by atoms with Gasteiger partial charge >= 0.3 is 0 Å². The Kier molecular flexibility index (Phi) is 3.27. The lowest BCUT2D eigenvalue weighted by Gasteiger charge is -2.30. The fourth-order valence-electron chi connectivity index (χ4n) is 2.45. The van der Waals surface area contributed by atoms with Crippen LogP contribution in [0.1, 0.15) is 22.0 Å².